The first-order chi connectivity index (χ1) is 11.1. The largest absolute Gasteiger partial charge is 0.466 e. The van der Waals surface area contributed by atoms with Crippen LogP contribution in [0.3, 0.4) is 0 Å². The summed E-state index contributed by atoms with van der Waals surface area (Å²) in [5, 5.41) is 0. The number of unbranched alkanes of at least 4 members (excludes halogenated alkanes) is 3. The van der Waals surface area contributed by atoms with Crippen LogP contribution in [-0.2, 0) is 9.53 Å². The van der Waals surface area contributed by atoms with E-state index in [9.17, 15) is 14.0 Å². The van der Waals surface area contributed by atoms with Gasteiger partial charge in [-0.1, -0.05) is 32.3 Å². The van der Waals surface area contributed by atoms with Gasteiger partial charge in [-0.25, -0.2) is 4.39 Å². The molecule has 1 aromatic rings. The molecule has 0 bridgehead atoms. The molecule has 0 saturated carbocycles. The van der Waals surface area contributed by atoms with Crippen molar-refractivity contribution in [1.29, 1.82) is 0 Å². The molecule has 1 aromatic carbocycles. The highest BCUT2D eigenvalue weighted by molar-refractivity contribution is 5.94. The minimum Gasteiger partial charge on any atom is -0.466 e. The molecule has 0 spiro atoms. The second-order valence-corrected chi connectivity index (χ2v) is 5.42. The summed E-state index contributed by atoms with van der Waals surface area (Å²) < 4.78 is 18.2. The van der Waals surface area contributed by atoms with Gasteiger partial charge in [-0.15, -0.1) is 0 Å². The number of halogens is 1. The van der Waals surface area contributed by atoms with E-state index in [1.807, 2.05) is 0 Å². The Bertz CT molecular complexity index is 505. The lowest BCUT2D eigenvalue weighted by Gasteiger charge is -2.22. The Morgan fingerprint density at radius 1 is 1.13 bits per heavy atom. The molecule has 1 amide bonds. The van der Waals surface area contributed by atoms with E-state index in [4.69, 9.17) is 4.74 Å². The Hall–Kier alpha value is -1.91. The van der Waals surface area contributed by atoms with E-state index in [-0.39, 0.29) is 18.3 Å². The lowest BCUT2D eigenvalue weighted by molar-refractivity contribution is -0.143. The Labute approximate surface area is 137 Å². The second-order valence-electron chi connectivity index (χ2n) is 5.42. The third kappa shape index (κ3) is 7.26. The molecule has 0 aromatic heterocycles. The van der Waals surface area contributed by atoms with Crippen molar-refractivity contribution in [2.45, 2.75) is 46.0 Å². The summed E-state index contributed by atoms with van der Waals surface area (Å²) in [4.78, 5) is 25.7. The SMILES string of the molecule is CCCCCCN(CCC(=O)OCC)C(=O)c1cccc(F)c1. The van der Waals surface area contributed by atoms with Crippen LogP contribution in [-0.4, -0.2) is 36.5 Å². The molecule has 23 heavy (non-hydrogen) atoms. The molecule has 0 heterocycles. The van der Waals surface area contributed by atoms with E-state index in [0.29, 0.717) is 25.3 Å². The predicted molar refractivity (Wildman–Crippen MR) is 87.7 cm³/mol. The van der Waals surface area contributed by atoms with Crippen molar-refractivity contribution in [3.8, 4) is 0 Å². The van der Waals surface area contributed by atoms with Crippen LogP contribution in [0.25, 0.3) is 0 Å². The summed E-state index contributed by atoms with van der Waals surface area (Å²) in [7, 11) is 0. The van der Waals surface area contributed by atoms with Gasteiger partial charge in [0.15, 0.2) is 0 Å². The van der Waals surface area contributed by atoms with Crippen LogP contribution in [0.1, 0.15) is 56.3 Å². The van der Waals surface area contributed by atoms with Gasteiger partial charge in [-0.3, -0.25) is 9.59 Å². The Morgan fingerprint density at radius 3 is 2.57 bits per heavy atom. The average Bonchev–Trinajstić information content (AvgIpc) is 2.54. The molecule has 0 aliphatic heterocycles. The number of benzene rings is 1. The van der Waals surface area contributed by atoms with Crippen molar-refractivity contribution in [3.05, 3.63) is 35.6 Å². The van der Waals surface area contributed by atoms with Crippen molar-refractivity contribution >= 4 is 11.9 Å². The summed E-state index contributed by atoms with van der Waals surface area (Å²) >= 11 is 0. The number of carbonyl (C=O) groups excluding carboxylic acids is 2. The van der Waals surface area contributed by atoms with Crippen LogP contribution >= 0.6 is 0 Å². The Kier molecular flexibility index (Phi) is 8.95. The number of carbonyl (C=O) groups is 2. The monoisotopic (exact) mass is 323 g/mol. The molecule has 128 valence electrons. The molecule has 0 aliphatic carbocycles. The van der Waals surface area contributed by atoms with Gasteiger partial charge in [0.05, 0.1) is 13.0 Å². The third-order valence-corrected chi connectivity index (χ3v) is 3.53. The number of rotatable bonds is 10. The maximum Gasteiger partial charge on any atom is 0.307 e. The molecule has 5 heteroatoms. The summed E-state index contributed by atoms with van der Waals surface area (Å²) in [6.45, 7) is 5.05. The van der Waals surface area contributed by atoms with Gasteiger partial charge in [0.25, 0.3) is 5.91 Å². The zero-order valence-corrected chi connectivity index (χ0v) is 14.0. The molecule has 0 fully saturated rings. The number of ether oxygens (including phenoxy) is 1. The zero-order valence-electron chi connectivity index (χ0n) is 14.0. The number of hydrogen-bond donors (Lipinski definition) is 0. The van der Waals surface area contributed by atoms with Crippen LogP contribution in [0.15, 0.2) is 24.3 Å². The Morgan fingerprint density at radius 2 is 1.91 bits per heavy atom. The fourth-order valence-electron chi connectivity index (χ4n) is 2.31. The van der Waals surface area contributed by atoms with Crippen LogP contribution in [0.5, 0.6) is 0 Å². The smallest absolute Gasteiger partial charge is 0.307 e. The van der Waals surface area contributed by atoms with Crippen molar-refractivity contribution in [2.75, 3.05) is 19.7 Å². The topological polar surface area (TPSA) is 46.6 Å². The third-order valence-electron chi connectivity index (χ3n) is 3.53. The van der Waals surface area contributed by atoms with E-state index < -0.39 is 5.82 Å². The number of nitrogens with zero attached hydrogens (tertiary/aromatic N) is 1. The van der Waals surface area contributed by atoms with Gasteiger partial charge in [-0.2, -0.15) is 0 Å². The Balaban J connectivity index is 2.68. The van der Waals surface area contributed by atoms with E-state index in [1.54, 1.807) is 17.9 Å². The van der Waals surface area contributed by atoms with Crippen molar-refractivity contribution in [1.82, 2.24) is 4.90 Å². The van der Waals surface area contributed by atoms with Crippen LogP contribution in [0, 0.1) is 5.82 Å². The van der Waals surface area contributed by atoms with E-state index in [0.717, 1.165) is 25.7 Å². The highest BCUT2D eigenvalue weighted by atomic mass is 19.1. The molecule has 0 saturated heterocycles. The quantitative estimate of drug-likeness (QED) is 0.486. The normalized spacial score (nSPS) is 10.4. The fourth-order valence-corrected chi connectivity index (χ4v) is 2.31. The number of amides is 1. The highest BCUT2D eigenvalue weighted by Gasteiger charge is 2.17. The second kappa shape index (κ2) is 10.8. The number of esters is 1. The van der Waals surface area contributed by atoms with Gasteiger partial charge in [-0.05, 0) is 31.5 Å². The first kappa shape index (κ1) is 19.1. The van der Waals surface area contributed by atoms with E-state index >= 15 is 0 Å². The summed E-state index contributed by atoms with van der Waals surface area (Å²) in [5.74, 6) is -1.00. The first-order valence-electron chi connectivity index (χ1n) is 8.29. The van der Waals surface area contributed by atoms with E-state index in [1.165, 1.54) is 18.2 Å². The summed E-state index contributed by atoms with van der Waals surface area (Å²) in [6.07, 6.45) is 4.28. The average molecular weight is 323 g/mol. The predicted octanol–water partition coefficient (Wildman–Crippen LogP) is 3.80. The van der Waals surface area contributed by atoms with Gasteiger partial charge < -0.3 is 9.64 Å². The van der Waals surface area contributed by atoms with Gasteiger partial charge in [0, 0.05) is 18.7 Å². The minimum atomic E-state index is -0.438. The molecule has 1 rings (SSSR count). The minimum absolute atomic E-state index is 0.155. The molecule has 0 atom stereocenters. The molecule has 0 aliphatic rings. The van der Waals surface area contributed by atoms with Gasteiger partial charge in [0.2, 0.25) is 0 Å². The van der Waals surface area contributed by atoms with Crippen LogP contribution in [0.2, 0.25) is 0 Å². The lowest BCUT2D eigenvalue weighted by atomic mass is 10.1. The van der Waals surface area contributed by atoms with Crippen LogP contribution < -0.4 is 0 Å². The van der Waals surface area contributed by atoms with Gasteiger partial charge in [0.1, 0.15) is 5.82 Å². The standard InChI is InChI=1S/C18H26FNO3/c1-3-5-6-7-12-20(13-11-17(21)23-4-2)18(22)15-9-8-10-16(19)14-15/h8-10,14H,3-7,11-13H2,1-2H3. The maximum absolute atomic E-state index is 13.3. The van der Waals surface area contributed by atoms with Crippen LogP contribution in [0.4, 0.5) is 4.39 Å². The molecular weight excluding hydrogens is 297 g/mol. The lowest BCUT2D eigenvalue weighted by Crippen LogP contribution is -2.34. The zero-order chi connectivity index (χ0) is 17.1. The first-order valence-corrected chi connectivity index (χ1v) is 8.29. The fraction of sp³-hybridized carbons (Fsp3) is 0.556. The highest BCUT2D eigenvalue weighted by Crippen LogP contribution is 2.10. The molecule has 0 radical (unpaired) electrons. The van der Waals surface area contributed by atoms with Crippen molar-refractivity contribution in [3.63, 3.8) is 0 Å². The van der Waals surface area contributed by atoms with E-state index in [2.05, 4.69) is 6.92 Å². The maximum atomic E-state index is 13.3. The summed E-state index contributed by atoms with van der Waals surface area (Å²) in [5.41, 5.74) is 0.310. The van der Waals surface area contributed by atoms with Gasteiger partial charge >= 0.3 is 5.97 Å². The summed E-state index contributed by atoms with van der Waals surface area (Å²) in [6, 6.07) is 5.64. The van der Waals surface area contributed by atoms with Crippen molar-refractivity contribution in [2.24, 2.45) is 0 Å². The molecule has 4 nitrogen and oxygen atoms in total. The molecule has 0 unspecified atom stereocenters. The number of hydrogen-bond acceptors (Lipinski definition) is 3. The van der Waals surface area contributed by atoms with Crippen molar-refractivity contribution < 1.29 is 18.7 Å². The molecule has 0 N–H and O–H groups in total. The molecular formula is C18H26FNO3.